The van der Waals surface area contributed by atoms with E-state index < -0.39 is 5.82 Å². The lowest BCUT2D eigenvalue weighted by molar-refractivity contribution is 0.426. The van der Waals surface area contributed by atoms with Crippen LogP contribution in [-0.2, 0) is 7.05 Å². The van der Waals surface area contributed by atoms with Gasteiger partial charge in [-0.05, 0) is 43.5 Å². The van der Waals surface area contributed by atoms with Gasteiger partial charge in [0.15, 0.2) is 5.84 Å². The Morgan fingerprint density at radius 3 is 2.79 bits per heavy atom. The number of hydrogen-bond donors (Lipinski definition) is 1. The van der Waals surface area contributed by atoms with E-state index in [4.69, 9.17) is 10.5 Å². The first-order valence-corrected chi connectivity index (χ1v) is 8.85. The summed E-state index contributed by atoms with van der Waals surface area (Å²) in [7, 11) is 1.73. The van der Waals surface area contributed by atoms with Gasteiger partial charge in [-0.25, -0.2) is 19.1 Å². The number of nitrogens with two attached hydrogens (primary N) is 1. The fourth-order valence-electron chi connectivity index (χ4n) is 2.48. The number of aliphatic imine (C=N–C) groups is 2. The summed E-state index contributed by atoms with van der Waals surface area (Å²) in [5.41, 5.74) is 8.28. The van der Waals surface area contributed by atoms with Crippen LogP contribution >= 0.6 is 0 Å². The molecule has 0 aliphatic rings. The predicted molar refractivity (Wildman–Crippen MR) is 112 cm³/mol. The molecular weight excluding hydrogens is 371 g/mol. The van der Waals surface area contributed by atoms with Crippen LogP contribution in [0.3, 0.4) is 0 Å². The Hall–Kier alpha value is -3.65. The van der Waals surface area contributed by atoms with Gasteiger partial charge in [0.2, 0.25) is 5.88 Å². The number of pyridine rings is 1. The van der Waals surface area contributed by atoms with Crippen LogP contribution in [0.5, 0.6) is 11.6 Å². The van der Waals surface area contributed by atoms with Crippen molar-refractivity contribution in [3.05, 3.63) is 71.8 Å². The number of amidine groups is 1. The van der Waals surface area contributed by atoms with Crippen molar-refractivity contribution in [3.63, 3.8) is 0 Å². The topological polar surface area (TPSA) is 90.7 Å². The molecule has 0 unspecified atom stereocenters. The van der Waals surface area contributed by atoms with E-state index in [9.17, 15) is 4.39 Å². The van der Waals surface area contributed by atoms with E-state index in [-0.39, 0.29) is 5.75 Å². The summed E-state index contributed by atoms with van der Waals surface area (Å²) in [5, 5.41) is 4.41. The van der Waals surface area contributed by atoms with Crippen molar-refractivity contribution in [1.82, 2.24) is 14.8 Å². The van der Waals surface area contributed by atoms with E-state index in [2.05, 4.69) is 26.8 Å². The second-order valence-corrected chi connectivity index (χ2v) is 6.24. The van der Waals surface area contributed by atoms with Crippen LogP contribution in [0.25, 0.3) is 11.4 Å². The summed E-state index contributed by atoms with van der Waals surface area (Å²) in [6, 6.07) is 11.4. The van der Waals surface area contributed by atoms with E-state index in [0.717, 1.165) is 5.57 Å². The van der Waals surface area contributed by atoms with E-state index in [1.807, 2.05) is 25.1 Å². The van der Waals surface area contributed by atoms with Gasteiger partial charge in [0.05, 0.1) is 11.3 Å². The zero-order valence-electron chi connectivity index (χ0n) is 16.2. The van der Waals surface area contributed by atoms with Crippen LogP contribution in [0.1, 0.15) is 12.5 Å². The van der Waals surface area contributed by atoms with Crippen LogP contribution in [0, 0.1) is 5.82 Å². The van der Waals surface area contributed by atoms with Crippen molar-refractivity contribution in [2.45, 2.75) is 6.92 Å². The van der Waals surface area contributed by atoms with Crippen molar-refractivity contribution in [3.8, 4) is 23.0 Å². The first-order valence-electron chi connectivity index (χ1n) is 8.85. The molecule has 0 saturated carbocycles. The van der Waals surface area contributed by atoms with E-state index in [0.29, 0.717) is 35.2 Å². The molecule has 7 nitrogen and oxygen atoms in total. The van der Waals surface area contributed by atoms with Gasteiger partial charge in [-0.2, -0.15) is 5.10 Å². The molecule has 1 aromatic carbocycles. The Balaban J connectivity index is 1.99. The maximum Gasteiger partial charge on any atom is 0.218 e. The molecule has 0 bridgehead atoms. The highest BCUT2D eigenvalue weighted by Crippen LogP contribution is 2.29. The summed E-state index contributed by atoms with van der Waals surface area (Å²) >= 11 is 0. The Morgan fingerprint density at radius 2 is 2.10 bits per heavy atom. The van der Waals surface area contributed by atoms with Gasteiger partial charge in [0, 0.05) is 38.1 Å². The highest BCUT2D eigenvalue weighted by Gasteiger charge is 2.15. The van der Waals surface area contributed by atoms with Crippen molar-refractivity contribution in [2.24, 2.45) is 22.8 Å². The van der Waals surface area contributed by atoms with Crippen molar-refractivity contribution >= 4 is 12.6 Å². The first-order chi connectivity index (χ1) is 14.0. The quantitative estimate of drug-likeness (QED) is 0.511. The van der Waals surface area contributed by atoms with Gasteiger partial charge in [0.25, 0.3) is 0 Å². The normalized spacial score (nSPS) is 12.1. The average Bonchev–Trinajstić information content (AvgIpc) is 3.10. The molecule has 0 aliphatic carbocycles. The van der Waals surface area contributed by atoms with E-state index in [1.165, 1.54) is 12.1 Å². The maximum absolute atomic E-state index is 13.9. The van der Waals surface area contributed by atoms with Crippen molar-refractivity contribution in [1.29, 1.82) is 0 Å². The van der Waals surface area contributed by atoms with Crippen LogP contribution in [0.4, 0.5) is 4.39 Å². The van der Waals surface area contributed by atoms with E-state index in [1.54, 1.807) is 36.3 Å². The fourth-order valence-corrected chi connectivity index (χ4v) is 2.48. The Morgan fingerprint density at radius 1 is 1.28 bits per heavy atom. The monoisotopic (exact) mass is 392 g/mol. The molecule has 148 valence electrons. The number of benzene rings is 1. The number of hydrogen-bond acceptors (Lipinski definition) is 5. The highest BCUT2D eigenvalue weighted by atomic mass is 19.1. The second-order valence-electron chi connectivity index (χ2n) is 6.24. The number of aromatic nitrogens is 3. The highest BCUT2D eigenvalue weighted by molar-refractivity contribution is 6.04. The Bertz CT molecular complexity index is 1070. The molecule has 3 rings (SSSR count). The van der Waals surface area contributed by atoms with Gasteiger partial charge < -0.3 is 10.5 Å². The molecule has 0 spiro atoms. The molecule has 8 heteroatoms. The number of aryl methyl sites for hydroxylation is 1. The predicted octanol–water partition coefficient (Wildman–Crippen LogP) is 3.72. The molecule has 3 aromatic rings. The lowest BCUT2D eigenvalue weighted by Gasteiger charge is -2.10. The molecule has 0 radical (unpaired) electrons. The summed E-state index contributed by atoms with van der Waals surface area (Å²) in [4.78, 5) is 12.5. The van der Waals surface area contributed by atoms with Crippen LogP contribution in [0.15, 0.2) is 70.4 Å². The van der Waals surface area contributed by atoms with Crippen LogP contribution in [-0.4, -0.2) is 33.9 Å². The molecule has 2 N–H and O–H groups in total. The molecule has 29 heavy (non-hydrogen) atoms. The molecule has 2 aromatic heterocycles. The lowest BCUT2D eigenvalue weighted by Crippen LogP contribution is -2.03. The minimum absolute atomic E-state index is 0.241. The first kappa shape index (κ1) is 20.1. The van der Waals surface area contributed by atoms with Gasteiger partial charge in [0.1, 0.15) is 17.3 Å². The van der Waals surface area contributed by atoms with Crippen molar-refractivity contribution in [2.75, 3.05) is 6.54 Å². The second kappa shape index (κ2) is 9.03. The van der Waals surface area contributed by atoms with Gasteiger partial charge >= 0.3 is 0 Å². The zero-order chi connectivity index (χ0) is 20.8. The summed E-state index contributed by atoms with van der Waals surface area (Å²) in [6.07, 6.45) is 3.28. The van der Waals surface area contributed by atoms with Crippen LogP contribution < -0.4 is 10.5 Å². The van der Waals surface area contributed by atoms with Gasteiger partial charge in [-0.15, -0.1) is 0 Å². The minimum atomic E-state index is -0.451. The SMILES string of the molecule is C=N/C(=N\C=C(/C)CN)c1ccc(F)cc1Oc1cc(-c2ccccn2)nn1C. The summed E-state index contributed by atoms with van der Waals surface area (Å²) in [6.45, 7) is 5.77. The third-order valence-electron chi connectivity index (χ3n) is 4.04. The molecule has 0 aliphatic heterocycles. The van der Waals surface area contributed by atoms with Gasteiger partial charge in [-0.3, -0.25) is 4.98 Å². The molecule has 0 amide bonds. The maximum atomic E-state index is 13.9. The smallest absolute Gasteiger partial charge is 0.218 e. The molecule has 0 fully saturated rings. The number of ether oxygens (including phenoxy) is 1. The number of rotatable bonds is 6. The summed E-state index contributed by atoms with van der Waals surface area (Å²) < 4.78 is 21.4. The Labute approximate surface area is 168 Å². The zero-order valence-corrected chi connectivity index (χ0v) is 16.2. The largest absolute Gasteiger partial charge is 0.438 e. The van der Waals surface area contributed by atoms with Gasteiger partial charge in [-0.1, -0.05) is 6.07 Å². The average molecular weight is 392 g/mol. The van der Waals surface area contributed by atoms with E-state index >= 15 is 0 Å². The Kier molecular flexibility index (Phi) is 6.25. The minimum Gasteiger partial charge on any atom is -0.438 e. The molecular formula is C21H21FN6O. The number of halogens is 1. The molecule has 0 atom stereocenters. The summed E-state index contributed by atoms with van der Waals surface area (Å²) in [5.74, 6) is 0.494. The van der Waals surface area contributed by atoms with Crippen molar-refractivity contribution < 1.29 is 9.13 Å². The fraction of sp³-hybridized carbons (Fsp3) is 0.143. The molecule has 2 heterocycles. The number of nitrogens with zero attached hydrogens (tertiary/aromatic N) is 5. The lowest BCUT2D eigenvalue weighted by atomic mass is 10.1. The third kappa shape index (κ3) is 4.80. The standard InChI is InChI=1S/C21H21FN6O/c1-14(12-23)13-26-21(24-2)16-8-7-15(22)10-19(16)29-20-11-18(27-28(20)3)17-6-4-5-9-25-17/h4-11,13H,2,12,23H2,1,3H3/b14-13+,26-21-. The molecule has 0 saturated heterocycles. The van der Waals surface area contributed by atoms with Crippen LogP contribution in [0.2, 0.25) is 0 Å². The third-order valence-corrected chi connectivity index (χ3v) is 4.04.